The maximum Gasteiger partial charge on any atom is 0.410 e. The second-order valence-corrected chi connectivity index (χ2v) is 8.42. The van der Waals surface area contributed by atoms with E-state index < -0.39 is 0 Å². The molecule has 0 bridgehead atoms. The SMILES string of the molecule is O=C(OCc1ccccc1)N1CCC(c2nc3sc(Br)cn3n2)CC1. The van der Waals surface area contributed by atoms with E-state index in [0.717, 1.165) is 33.0 Å². The number of hydrogen-bond acceptors (Lipinski definition) is 5. The van der Waals surface area contributed by atoms with Gasteiger partial charge in [0, 0.05) is 19.0 Å². The second kappa shape index (κ2) is 7.13. The van der Waals surface area contributed by atoms with E-state index in [-0.39, 0.29) is 6.09 Å². The Labute approximate surface area is 157 Å². The lowest BCUT2D eigenvalue weighted by atomic mass is 9.96. The molecule has 0 saturated carbocycles. The molecule has 130 valence electrons. The summed E-state index contributed by atoms with van der Waals surface area (Å²) in [5.41, 5.74) is 0.999. The molecule has 1 aromatic carbocycles. The van der Waals surface area contributed by atoms with Crippen LogP contribution in [0.2, 0.25) is 0 Å². The van der Waals surface area contributed by atoms with Crippen LogP contribution in [0.15, 0.2) is 40.3 Å². The zero-order valence-electron chi connectivity index (χ0n) is 13.5. The molecule has 1 amide bonds. The molecular weight excluding hydrogens is 404 g/mol. The van der Waals surface area contributed by atoms with Crippen LogP contribution in [0.4, 0.5) is 4.79 Å². The van der Waals surface area contributed by atoms with Gasteiger partial charge in [-0.05, 0) is 34.3 Å². The standard InChI is InChI=1S/C17H17BrN4O2S/c18-14-10-22-16(25-14)19-15(20-22)13-6-8-21(9-7-13)17(23)24-11-12-4-2-1-3-5-12/h1-5,10,13H,6-9,11H2. The van der Waals surface area contributed by atoms with Crippen LogP contribution in [0, 0.1) is 0 Å². The van der Waals surface area contributed by atoms with Crippen LogP contribution in [-0.4, -0.2) is 38.7 Å². The van der Waals surface area contributed by atoms with Gasteiger partial charge in [0.1, 0.15) is 6.61 Å². The molecule has 4 rings (SSSR count). The molecule has 0 N–H and O–H groups in total. The first-order chi connectivity index (χ1) is 12.2. The Morgan fingerprint density at radius 1 is 1.28 bits per heavy atom. The average molecular weight is 421 g/mol. The number of rotatable bonds is 3. The maximum atomic E-state index is 12.2. The summed E-state index contributed by atoms with van der Waals surface area (Å²) in [6.07, 6.45) is 3.40. The number of hydrogen-bond donors (Lipinski definition) is 0. The first kappa shape index (κ1) is 16.5. The highest BCUT2D eigenvalue weighted by Crippen LogP contribution is 2.29. The summed E-state index contributed by atoms with van der Waals surface area (Å²) in [6, 6.07) is 9.73. The van der Waals surface area contributed by atoms with Crippen molar-refractivity contribution in [1.29, 1.82) is 0 Å². The Bertz CT molecular complexity index is 840. The minimum Gasteiger partial charge on any atom is -0.445 e. The third kappa shape index (κ3) is 3.69. The number of fused-ring (bicyclic) bond motifs is 1. The van der Waals surface area contributed by atoms with Gasteiger partial charge in [-0.2, -0.15) is 5.10 Å². The van der Waals surface area contributed by atoms with Gasteiger partial charge in [-0.3, -0.25) is 0 Å². The molecule has 1 aliphatic heterocycles. The molecule has 1 saturated heterocycles. The van der Waals surface area contributed by atoms with E-state index in [2.05, 4.69) is 26.0 Å². The Morgan fingerprint density at radius 3 is 2.76 bits per heavy atom. The van der Waals surface area contributed by atoms with Crippen LogP contribution in [-0.2, 0) is 11.3 Å². The van der Waals surface area contributed by atoms with Gasteiger partial charge >= 0.3 is 6.09 Å². The lowest BCUT2D eigenvalue weighted by molar-refractivity contribution is 0.0866. The van der Waals surface area contributed by atoms with Crippen molar-refractivity contribution in [3.05, 3.63) is 51.7 Å². The van der Waals surface area contributed by atoms with E-state index in [1.165, 1.54) is 0 Å². The molecular formula is C17H17BrN4O2S. The molecule has 8 heteroatoms. The largest absolute Gasteiger partial charge is 0.445 e. The van der Waals surface area contributed by atoms with Crippen LogP contribution < -0.4 is 0 Å². The lowest BCUT2D eigenvalue weighted by Gasteiger charge is -2.30. The second-order valence-electron chi connectivity index (χ2n) is 6.03. The summed E-state index contributed by atoms with van der Waals surface area (Å²) in [5, 5.41) is 4.55. The van der Waals surface area contributed by atoms with Gasteiger partial charge < -0.3 is 9.64 Å². The van der Waals surface area contributed by atoms with Crippen LogP contribution in [0.25, 0.3) is 4.96 Å². The summed E-state index contributed by atoms with van der Waals surface area (Å²) < 4.78 is 8.23. The topological polar surface area (TPSA) is 59.7 Å². The van der Waals surface area contributed by atoms with Gasteiger partial charge in [-0.15, -0.1) is 0 Å². The van der Waals surface area contributed by atoms with Crippen molar-refractivity contribution in [3.63, 3.8) is 0 Å². The summed E-state index contributed by atoms with van der Waals surface area (Å²) in [5.74, 6) is 1.17. The number of carbonyl (C=O) groups excluding carboxylic acids is 1. The van der Waals surface area contributed by atoms with Gasteiger partial charge in [0.25, 0.3) is 0 Å². The number of aromatic nitrogens is 3. The molecule has 0 aliphatic carbocycles. The van der Waals surface area contributed by atoms with Crippen molar-refractivity contribution >= 4 is 38.3 Å². The van der Waals surface area contributed by atoms with E-state index in [9.17, 15) is 4.79 Å². The summed E-state index contributed by atoms with van der Waals surface area (Å²) in [4.78, 5) is 19.5. The van der Waals surface area contributed by atoms with Gasteiger partial charge in [0.15, 0.2) is 5.82 Å². The minimum absolute atomic E-state index is 0.245. The average Bonchev–Trinajstić information content (AvgIpc) is 3.18. The zero-order valence-corrected chi connectivity index (χ0v) is 15.9. The number of thiazole rings is 1. The number of ether oxygens (including phenoxy) is 1. The van der Waals surface area contributed by atoms with E-state index in [1.807, 2.05) is 41.0 Å². The van der Waals surface area contributed by atoms with Gasteiger partial charge in [0.2, 0.25) is 4.96 Å². The van der Waals surface area contributed by atoms with Gasteiger partial charge in [-0.25, -0.2) is 14.3 Å². The highest BCUT2D eigenvalue weighted by molar-refractivity contribution is 9.11. The summed E-state index contributed by atoms with van der Waals surface area (Å²) >= 11 is 5.01. The Balaban J connectivity index is 1.31. The van der Waals surface area contributed by atoms with Crippen LogP contribution in [0.5, 0.6) is 0 Å². The predicted octanol–water partition coefficient (Wildman–Crippen LogP) is 4.07. The molecule has 0 unspecified atom stereocenters. The van der Waals surface area contributed by atoms with Gasteiger partial charge in [-0.1, -0.05) is 41.7 Å². The third-order valence-electron chi connectivity index (χ3n) is 4.35. The van der Waals surface area contributed by atoms with Crippen LogP contribution >= 0.6 is 27.3 Å². The number of piperidine rings is 1. The fraction of sp³-hybridized carbons (Fsp3) is 0.353. The number of benzene rings is 1. The van der Waals surface area contributed by atoms with Crippen molar-refractivity contribution in [2.45, 2.75) is 25.4 Å². The zero-order chi connectivity index (χ0) is 17.2. The maximum absolute atomic E-state index is 12.2. The fourth-order valence-corrected chi connectivity index (χ4v) is 4.27. The van der Waals surface area contributed by atoms with E-state index in [4.69, 9.17) is 4.74 Å². The molecule has 3 heterocycles. The first-order valence-electron chi connectivity index (χ1n) is 8.16. The highest BCUT2D eigenvalue weighted by Gasteiger charge is 2.27. The fourth-order valence-electron chi connectivity index (χ4n) is 2.99. The predicted molar refractivity (Wildman–Crippen MR) is 98.7 cm³/mol. The van der Waals surface area contributed by atoms with Crippen molar-refractivity contribution in [1.82, 2.24) is 19.5 Å². The molecule has 25 heavy (non-hydrogen) atoms. The molecule has 0 atom stereocenters. The third-order valence-corrected chi connectivity index (χ3v) is 5.80. The molecule has 2 aromatic heterocycles. The Kier molecular flexibility index (Phi) is 4.72. The molecule has 0 spiro atoms. The van der Waals surface area contributed by atoms with Crippen LogP contribution in [0.3, 0.4) is 0 Å². The monoisotopic (exact) mass is 420 g/mol. The smallest absolute Gasteiger partial charge is 0.410 e. The Morgan fingerprint density at radius 2 is 2.04 bits per heavy atom. The molecule has 6 nitrogen and oxygen atoms in total. The molecule has 1 aliphatic rings. The van der Waals surface area contributed by atoms with Crippen molar-refractivity contribution < 1.29 is 9.53 Å². The van der Waals surface area contributed by atoms with E-state index in [1.54, 1.807) is 16.2 Å². The highest BCUT2D eigenvalue weighted by atomic mass is 79.9. The number of carbonyl (C=O) groups is 1. The van der Waals surface area contributed by atoms with E-state index in [0.29, 0.717) is 25.6 Å². The molecule has 0 radical (unpaired) electrons. The quantitative estimate of drug-likeness (QED) is 0.640. The molecule has 3 aromatic rings. The van der Waals surface area contributed by atoms with Crippen molar-refractivity contribution in [3.8, 4) is 0 Å². The first-order valence-corrected chi connectivity index (χ1v) is 9.77. The lowest BCUT2D eigenvalue weighted by Crippen LogP contribution is -2.38. The van der Waals surface area contributed by atoms with Gasteiger partial charge in [0.05, 0.1) is 9.98 Å². The van der Waals surface area contributed by atoms with Crippen LogP contribution in [0.1, 0.15) is 30.1 Å². The Hall–Kier alpha value is -1.93. The number of amides is 1. The van der Waals surface area contributed by atoms with E-state index >= 15 is 0 Å². The summed E-state index contributed by atoms with van der Waals surface area (Å²) in [7, 11) is 0. The number of likely N-dealkylation sites (tertiary alicyclic amines) is 1. The normalized spacial score (nSPS) is 15.6. The number of halogens is 1. The molecule has 1 fully saturated rings. The van der Waals surface area contributed by atoms with Crippen molar-refractivity contribution in [2.24, 2.45) is 0 Å². The minimum atomic E-state index is -0.245. The number of nitrogens with zero attached hydrogens (tertiary/aromatic N) is 4. The van der Waals surface area contributed by atoms with Crippen molar-refractivity contribution in [2.75, 3.05) is 13.1 Å². The summed E-state index contributed by atoms with van der Waals surface area (Å²) in [6.45, 7) is 1.66.